The predicted octanol–water partition coefficient (Wildman–Crippen LogP) is 2.74. The number of aryl methyl sites for hydroxylation is 2. The van der Waals surface area contributed by atoms with Gasteiger partial charge in [0.2, 0.25) is 0 Å². The highest BCUT2D eigenvalue weighted by Crippen LogP contribution is 2.12. The van der Waals surface area contributed by atoms with Crippen LogP contribution in [0.5, 0.6) is 0 Å². The quantitative estimate of drug-likeness (QED) is 0.705. The number of rotatable bonds is 2. The molecule has 2 rings (SSSR count). The van der Waals surface area contributed by atoms with E-state index in [0.717, 1.165) is 12.1 Å². The molecule has 0 amide bonds. The van der Waals surface area contributed by atoms with E-state index in [9.17, 15) is 0 Å². The molecule has 0 aliphatic rings. The molecule has 0 unspecified atom stereocenters. The van der Waals surface area contributed by atoms with Gasteiger partial charge >= 0.3 is 0 Å². The van der Waals surface area contributed by atoms with E-state index in [-0.39, 0.29) is 0 Å². The van der Waals surface area contributed by atoms with Gasteiger partial charge in [0.1, 0.15) is 0 Å². The van der Waals surface area contributed by atoms with Crippen molar-refractivity contribution in [3.8, 4) is 5.69 Å². The highest BCUT2D eigenvalue weighted by molar-refractivity contribution is 5.39. The Morgan fingerprint density at radius 2 is 2.07 bits per heavy atom. The number of benzene rings is 1. The van der Waals surface area contributed by atoms with Gasteiger partial charge in [-0.2, -0.15) is 5.10 Å². The van der Waals surface area contributed by atoms with Crippen LogP contribution < -0.4 is 0 Å². The van der Waals surface area contributed by atoms with E-state index in [2.05, 4.69) is 37.3 Å². The Hall–Kier alpha value is -1.57. The van der Waals surface area contributed by atoms with Gasteiger partial charge in [0.25, 0.3) is 0 Å². The van der Waals surface area contributed by atoms with Gasteiger partial charge in [-0.1, -0.05) is 25.1 Å². The van der Waals surface area contributed by atoms with Crippen molar-refractivity contribution in [1.82, 2.24) is 9.78 Å². The molecular formula is C12H14N2. The smallest absolute Gasteiger partial charge is 0.0674 e. The standard InChI is InChI=1S/C12H14N2/c1-3-11-8-13-14(9-11)12-7-5-4-6-10(12)2/h4-9H,3H2,1-2H3. The molecule has 72 valence electrons. The summed E-state index contributed by atoms with van der Waals surface area (Å²) >= 11 is 0. The lowest BCUT2D eigenvalue weighted by atomic mass is 10.2. The molecule has 2 nitrogen and oxygen atoms in total. The van der Waals surface area contributed by atoms with E-state index >= 15 is 0 Å². The summed E-state index contributed by atoms with van der Waals surface area (Å²) in [6.07, 6.45) is 5.04. The van der Waals surface area contributed by atoms with Crippen LogP contribution in [0.15, 0.2) is 36.7 Å². The van der Waals surface area contributed by atoms with E-state index in [1.165, 1.54) is 11.1 Å². The van der Waals surface area contributed by atoms with E-state index in [1.807, 2.05) is 23.0 Å². The van der Waals surface area contributed by atoms with Crippen molar-refractivity contribution in [3.05, 3.63) is 47.8 Å². The first kappa shape index (κ1) is 9.00. The molecule has 1 aromatic heterocycles. The molecule has 2 heteroatoms. The number of para-hydroxylation sites is 1. The second-order valence-electron chi connectivity index (χ2n) is 3.43. The lowest BCUT2D eigenvalue weighted by molar-refractivity contribution is 0.872. The van der Waals surface area contributed by atoms with Gasteiger partial charge < -0.3 is 0 Å². The van der Waals surface area contributed by atoms with Crippen molar-refractivity contribution >= 4 is 0 Å². The van der Waals surface area contributed by atoms with E-state index in [0.29, 0.717) is 0 Å². The fraction of sp³-hybridized carbons (Fsp3) is 0.250. The zero-order valence-electron chi connectivity index (χ0n) is 8.57. The number of aromatic nitrogens is 2. The molecule has 0 aliphatic carbocycles. The van der Waals surface area contributed by atoms with Crippen molar-refractivity contribution in [2.75, 3.05) is 0 Å². The van der Waals surface area contributed by atoms with Gasteiger partial charge in [-0.3, -0.25) is 0 Å². The monoisotopic (exact) mass is 186 g/mol. The minimum absolute atomic E-state index is 1.03. The van der Waals surface area contributed by atoms with E-state index in [4.69, 9.17) is 0 Å². The van der Waals surface area contributed by atoms with Gasteiger partial charge in [0.15, 0.2) is 0 Å². The Morgan fingerprint density at radius 1 is 1.29 bits per heavy atom. The molecule has 0 bridgehead atoms. The molecule has 0 aliphatic heterocycles. The van der Waals surface area contributed by atoms with Crippen LogP contribution in [0.4, 0.5) is 0 Å². The fourth-order valence-corrected chi connectivity index (χ4v) is 1.49. The topological polar surface area (TPSA) is 17.8 Å². The maximum absolute atomic E-state index is 4.33. The molecule has 2 aromatic rings. The largest absolute Gasteiger partial charge is 0.240 e. The number of nitrogens with zero attached hydrogens (tertiary/aromatic N) is 2. The average molecular weight is 186 g/mol. The summed E-state index contributed by atoms with van der Waals surface area (Å²) in [5.74, 6) is 0. The van der Waals surface area contributed by atoms with Crippen LogP contribution in [-0.2, 0) is 6.42 Å². The third-order valence-corrected chi connectivity index (χ3v) is 2.41. The van der Waals surface area contributed by atoms with Gasteiger partial charge in [0, 0.05) is 6.20 Å². The molecule has 0 N–H and O–H groups in total. The SMILES string of the molecule is CCc1cnn(-c2ccccc2C)c1. The van der Waals surface area contributed by atoms with Gasteiger partial charge in [-0.25, -0.2) is 4.68 Å². The molecule has 0 saturated carbocycles. The Morgan fingerprint density at radius 3 is 2.71 bits per heavy atom. The van der Waals surface area contributed by atoms with Crippen molar-refractivity contribution in [2.24, 2.45) is 0 Å². The van der Waals surface area contributed by atoms with Crippen molar-refractivity contribution in [2.45, 2.75) is 20.3 Å². The normalized spacial score (nSPS) is 10.4. The van der Waals surface area contributed by atoms with Crippen LogP contribution in [0.1, 0.15) is 18.1 Å². The lowest BCUT2D eigenvalue weighted by Crippen LogP contribution is -1.96. The molecule has 1 heterocycles. The van der Waals surface area contributed by atoms with Crippen LogP contribution in [-0.4, -0.2) is 9.78 Å². The highest BCUT2D eigenvalue weighted by atomic mass is 15.3. The summed E-state index contributed by atoms with van der Waals surface area (Å²) in [6, 6.07) is 8.27. The summed E-state index contributed by atoms with van der Waals surface area (Å²) in [5.41, 5.74) is 3.68. The first-order valence-corrected chi connectivity index (χ1v) is 4.91. The predicted molar refractivity (Wildman–Crippen MR) is 57.7 cm³/mol. The number of hydrogen-bond acceptors (Lipinski definition) is 1. The maximum Gasteiger partial charge on any atom is 0.0674 e. The van der Waals surface area contributed by atoms with Crippen molar-refractivity contribution in [1.29, 1.82) is 0 Å². The van der Waals surface area contributed by atoms with Crippen molar-refractivity contribution in [3.63, 3.8) is 0 Å². The van der Waals surface area contributed by atoms with E-state index in [1.54, 1.807) is 0 Å². The van der Waals surface area contributed by atoms with E-state index < -0.39 is 0 Å². The Balaban J connectivity index is 2.44. The summed E-state index contributed by atoms with van der Waals surface area (Å²) in [4.78, 5) is 0. The minimum atomic E-state index is 1.03. The summed E-state index contributed by atoms with van der Waals surface area (Å²) < 4.78 is 1.94. The molecule has 0 atom stereocenters. The summed E-state index contributed by atoms with van der Waals surface area (Å²) in [7, 11) is 0. The average Bonchev–Trinajstić information content (AvgIpc) is 2.67. The Kier molecular flexibility index (Phi) is 2.35. The first-order chi connectivity index (χ1) is 6.81. The van der Waals surface area contributed by atoms with Crippen LogP contribution in [0.3, 0.4) is 0 Å². The van der Waals surface area contributed by atoms with Gasteiger partial charge in [-0.15, -0.1) is 0 Å². The maximum atomic E-state index is 4.33. The van der Waals surface area contributed by atoms with Gasteiger partial charge in [0.05, 0.1) is 11.9 Å². The van der Waals surface area contributed by atoms with Crippen LogP contribution in [0.2, 0.25) is 0 Å². The fourth-order valence-electron chi connectivity index (χ4n) is 1.49. The highest BCUT2D eigenvalue weighted by Gasteiger charge is 2.01. The van der Waals surface area contributed by atoms with Crippen LogP contribution in [0.25, 0.3) is 5.69 Å². The first-order valence-electron chi connectivity index (χ1n) is 4.91. The molecular weight excluding hydrogens is 172 g/mol. The molecule has 0 saturated heterocycles. The molecule has 14 heavy (non-hydrogen) atoms. The zero-order chi connectivity index (χ0) is 9.97. The lowest BCUT2D eigenvalue weighted by Gasteiger charge is -2.04. The van der Waals surface area contributed by atoms with Crippen LogP contribution in [0, 0.1) is 6.92 Å². The zero-order valence-corrected chi connectivity index (χ0v) is 8.57. The summed E-state index contributed by atoms with van der Waals surface area (Å²) in [6.45, 7) is 4.24. The number of hydrogen-bond donors (Lipinski definition) is 0. The van der Waals surface area contributed by atoms with Crippen LogP contribution >= 0.6 is 0 Å². The molecule has 0 fully saturated rings. The minimum Gasteiger partial charge on any atom is -0.240 e. The molecule has 0 radical (unpaired) electrons. The third kappa shape index (κ3) is 1.55. The Labute approximate surface area is 84.2 Å². The van der Waals surface area contributed by atoms with Gasteiger partial charge in [-0.05, 0) is 30.5 Å². The third-order valence-electron chi connectivity index (χ3n) is 2.41. The second-order valence-corrected chi connectivity index (χ2v) is 3.43. The summed E-state index contributed by atoms with van der Waals surface area (Å²) in [5, 5.41) is 4.33. The molecule has 0 spiro atoms. The molecule has 1 aromatic carbocycles. The second kappa shape index (κ2) is 3.66. The Bertz CT molecular complexity index is 429. The van der Waals surface area contributed by atoms with Crippen molar-refractivity contribution < 1.29 is 0 Å².